The number of nitrogens with zero attached hydrogens (tertiary/aromatic N) is 2. The largest absolute Gasteiger partial charge is 0.370 e. The smallest absolute Gasteiger partial charge is 0.240 e. The van der Waals surface area contributed by atoms with Gasteiger partial charge in [0.2, 0.25) is 27.6 Å². The second-order valence-corrected chi connectivity index (χ2v) is 12.6. The lowest BCUT2D eigenvalue weighted by Crippen LogP contribution is -2.51. The summed E-state index contributed by atoms with van der Waals surface area (Å²) < 4.78 is 28.2. The highest BCUT2D eigenvalue weighted by Gasteiger charge is 2.28. The topological polar surface area (TPSA) is 215 Å². The normalized spacial score (nSPS) is 12.7. The van der Waals surface area contributed by atoms with Gasteiger partial charge in [-0.25, -0.2) is 18.1 Å². The first kappa shape index (κ1) is 32.3. The number of guanidine groups is 1. The van der Waals surface area contributed by atoms with E-state index >= 15 is 0 Å². The Morgan fingerprint density at radius 3 is 2.50 bits per heavy atom. The van der Waals surface area contributed by atoms with Gasteiger partial charge in [0.05, 0.1) is 18.3 Å². The van der Waals surface area contributed by atoms with E-state index in [0.717, 1.165) is 27.8 Å². The molecule has 8 N–H and O–H groups in total. The maximum Gasteiger partial charge on any atom is 0.240 e. The molecule has 0 saturated carbocycles. The summed E-state index contributed by atoms with van der Waals surface area (Å²) in [4.78, 5) is 50.6. The number of ketones is 1. The summed E-state index contributed by atoms with van der Waals surface area (Å²) in [6.07, 6.45) is 3.86. The first-order valence-corrected chi connectivity index (χ1v) is 16.3. The number of thiazole rings is 1. The van der Waals surface area contributed by atoms with Crippen molar-refractivity contribution < 1.29 is 22.8 Å². The van der Waals surface area contributed by atoms with E-state index in [1.54, 1.807) is 41.9 Å². The number of fused-ring (bicyclic) bond motifs is 1. The van der Waals surface area contributed by atoms with Crippen LogP contribution in [-0.2, 0) is 31.8 Å². The molecule has 232 valence electrons. The van der Waals surface area contributed by atoms with Crippen molar-refractivity contribution in [3.63, 3.8) is 0 Å². The molecule has 2 aromatic carbocycles. The highest BCUT2D eigenvalue weighted by atomic mass is 32.2. The summed E-state index contributed by atoms with van der Waals surface area (Å²) in [5.74, 6) is -2.15. The molecule has 15 heteroatoms. The number of Topliss-reactive ketones (excluding diaryl/α,β-unsaturated/α-hetero) is 1. The van der Waals surface area contributed by atoms with Crippen LogP contribution in [0.2, 0.25) is 0 Å². The number of aromatic nitrogens is 2. The molecule has 0 saturated heterocycles. The Morgan fingerprint density at radius 1 is 1.02 bits per heavy atom. The molecule has 2 amide bonds. The van der Waals surface area contributed by atoms with Gasteiger partial charge in [-0.15, -0.1) is 11.3 Å². The minimum atomic E-state index is -3.92. The van der Waals surface area contributed by atoms with Gasteiger partial charge in [-0.1, -0.05) is 48.5 Å². The zero-order valence-electron chi connectivity index (χ0n) is 23.7. The number of hydrogen-bond donors (Lipinski definition) is 6. The zero-order chi connectivity index (χ0) is 31.5. The average molecular weight is 639 g/mol. The van der Waals surface area contributed by atoms with Gasteiger partial charge >= 0.3 is 0 Å². The summed E-state index contributed by atoms with van der Waals surface area (Å²) in [5.41, 5.74) is 13.0. The number of aromatic amines is 1. The SMILES string of the molecule is NC(N)=NCCC[C@@H](NS(=O)(=O)Cc1ccccc1)C(=O)NCC(=O)N[C@@H](Cc1c[nH]c2ccccc12)C(=O)c1nccs1. The third-order valence-corrected chi connectivity index (χ3v) is 8.74. The maximum absolute atomic E-state index is 13.3. The van der Waals surface area contributed by atoms with E-state index in [9.17, 15) is 22.8 Å². The molecule has 0 aliphatic carbocycles. The van der Waals surface area contributed by atoms with E-state index in [1.807, 2.05) is 24.3 Å². The van der Waals surface area contributed by atoms with E-state index in [1.165, 1.54) is 6.20 Å². The van der Waals surface area contributed by atoms with Crippen LogP contribution in [0.25, 0.3) is 10.9 Å². The van der Waals surface area contributed by atoms with Gasteiger partial charge in [-0.05, 0) is 30.0 Å². The lowest BCUT2D eigenvalue weighted by molar-refractivity contribution is -0.127. The van der Waals surface area contributed by atoms with Crippen LogP contribution in [0, 0.1) is 0 Å². The molecule has 0 aliphatic rings. The zero-order valence-corrected chi connectivity index (χ0v) is 25.4. The van der Waals surface area contributed by atoms with Crippen molar-refractivity contribution in [1.82, 2.24) is 25.3 Å². The van der Waals surface area contributed by atoms with Crippen molar-refractivity contribution in [2.75, 3.05) is 13.1 Å². The standard InChI is InChI=1S/C29H34N8O5S2/c30-29(31)33-12-6-11-23(37-44(41,42)18-19-7-2-1-3-8-19)27(40)35-17-25(38)36-24(26(39)28-32-13-14-43-28)15-20-16-34-22-10-5-4-9-21(20)22/h1-5,7-10,13-14,16,23-24,34,37H,6,11-12,15,17-18H2,(H,35,40)(H,36,38)(H4,30,31,33)/t23-,24+/m1/s1. The Morgan fingerprint density at radius 2 is 1.77 bits per heavy atom. The number of aliphatic imine (C=N–C) groups is 1. The molecule has 0 bridgehead atoms. The summed E-state index contributed by atoms with van der Waals surface area (Å²) in [7, 11) is -3.92. The van der Waals surface area contributed by atoms with E-state index in [0.29, 0.717) is 12.0 Å². The van der Waals surface area contributed by atoms with Gasteiger partial charge in [0, 0.05) is 41.6 Å². The number of para-hydroxylation sites is 1. The molecule has 4 rings (SSSR count). The molecule has 0 radical (unpaired) electrons. The number of rotatable bonds is 16. The fourth-order valence-electron chi connectivity index (χ4n) is 4.56. The molecule has 2 heterocycles. The van der Waals surface area contributed by atoms with Gasteiger partial charge in [0.25, 0.3) is 0 Å². The summed E-state index contributed by atoms with van der Waals surface area (Å²) in [6.45, 7) is -0.305. The van der Waals surface area contributed by atoms with Crippen LogP contribution in [0.5, 0.6) is 0 Å². The number of hydrogen-bond acceptors (Lipinski definition) is 8. The number of amides is 2. The van der Waals surface area contributed by atoms with Crippen LogP contribution in [0.4, 0.5) is 0 Å². The highest BCUT2D eigenvalue weighted by molar-refractivity contribution is 7.88. The van der Waals surface area contributed by atoms with Gasteiger partial charge in [-0.2, -0.15) is 0 Å². The van der Waals surface area contributed by atoms with Crippen molar-refractivity contribution in [3.05, 3.63) is 88.5 Å². The predicted octanol–water partition coefficient (Wildman–Crippen LogP) is 1.19. The maximum atomic E-state index is 13.3. The monoisotopic (exact) mass is 638 g/mol. The van der Waals surface area contributed by atoms with Crippen molar-refractivity contribution in [2.24, 2.45) is 16.5 Å². The van der Waals surface area contributed by atoms with E-state index in [-0.39, 0.29) is 41.9 Å². The number of nitrogens with one attached hydrogen (secondary N) is 4. The molecule has 0 unspecified atom stereocenters. The second kappa shape index (κ2) is 15.2. The number of sulfonamides is 1. The summed E-state index contributed by atoms with van der Waals surface area (Å²) in [6, 6.07) is 14.0. The molecule has 2 aromatic heterocycles. The molecular weight excluding hydrogens is 605 g/mol. The number of H-pyrrole nitrogens is 1. The number of nitrogens with two attached hydrogens (primary N) is 2. The van der Waals surface area contributed by atoms with Crippen LogP contribution in [0.15, 0.2) is 77.4 Å². The fourth-order valence-corrected chi connectivity index (χ4v) is 6.56. The summed E-state index contributed by atoms with van der Waals surface area (Å²) in [5, 5.41) is 8.04. The van der Waals surface area contributed by atoms with Crippen molar-refractivity contribution in [3.8, 4) is 0 Å². The minimum Gasteiger partial charge on any atom is -0.370 e. The molecule has 4 aromatic rings. The van der Waals surface area contributed by atoms with Crippen LogP contribution in [-0.4, -0.2) is 67.1 Å². The van der Waals surface area contributed by atoms with Crippen molar-refractivity contribution in [2.45, 2.75) is 37.1 Å². The number of benzene rings is 2. The van der Waals surface area contributed by atoms with E-state index in [2.05, 4.69) is 30.3 Å². The Kier molecular flexibility index (Phi) is 11.2. The van der Waals surface area contributed by atoms with Crippen molar-refractivity contribution >= 4 is 55.8 Å². The van der Waals surface area contributed by atoms with Crippen LogP contribution < -0.4 is 26.8 Å². The van der Waals surface area contributed by atoms with E-state index < -0.39 is 40.5 Å². The Labute approximate surface area is 258 Å². The van der Waals surface area contributed by atoms with Crippen molar-refractivity contribution in [1.29, 1.82) is 0 Å². The van der Waals surface area contributed by atoms with Crippen LogP contribution in [0.1, 0.15) is 33.8 Å². The molecule has 0 fully saturated rings. The number of carbonyl (C=O) groups is 3. The van der Waals surface area contributed by atoms with Crippen LogP contribution >= 0.6 is 11.3 Å². The molecule has 0 spiro atoms. The third-order valence-electron chi connectivity index (χ3n) is 6.60. The molecule has 2 atom stereocenters. The van der Waals surface area contributed by atoms with Crippen LogP contribution in [0.3, 0.4) is 0 Å². The van der Waals surface area contributed by atoms with Gasteiger partial charge in [0.1, 0.15) is 6.04 Å². The lowest BCUT2D eigenvalue weighted by atomic mass is 10.0. The molecule has 44 heavy (non-hydrogen) atoms. The first-order chi connectivity index (χ1) is 21.1. The fraction of sp³-hybridized carbons (Fsp3) is 0.276. The molecular formula is C29H34N8O5S2. The van der Waals surface area contributed by atoms with Gasteiger partial charge in [0.15, 0.2) is 11.0 Å². The lowest BCUT2D eigenvalue weighted by Gasteiger charge is -2.20. The average Bonchev–Trinajstić information content (AvgIpc) is 3.68. The van der Waals surface area contributed by atoms with Gasteiger partial charge < -0.3 is 27.1 Å². The molecule has 13 nitrogen and oxygen atoms in total. The third kappa shape index (κ3) is 9.45. The first-order valence-electron chi connectivity index (χ1n) is 13.8. The highest BCUT2D eigenvalue weighted by Crippen LogP contribution is 2.20. The number of carbonyl (C=O) groups excluding carboxylic acids is 3. The van der Waals surface area contributed by atoms with Gasteiger partial charge in [-0.3, -0.25) is 19.4 Å². The predicted molar refractivity (Wildman–Crippen MR) is 169 cm³/mol. The quantitative estimate of drug-likeness (QED) is 0.0453. The minimum absolute atomic E-state index is 0.0734. The Bertz CT molecular complexity index is 1700. The van der Waals surface area contributed by atoms with E-state index in [4.69, 9.17) is 11.5 Å². The summed E-state index contributed by atoms with van der Waals surface area (Å²) >= 11 is 1.16. The Balaban J connectivity index is 1.42. The Hall–Kier alpha value is -4.60. The second-order valence-electron chi connectivity index (χ2n) is 9.97. The molecule has 0 aliphatic heterocycles.